The van der Waals surface area contributed by atoms with E-state index >= 15 is 0 Å². The van der Waals surface area contributed by atoms with E-state index in [1.807, 2.05) is 24.3 Å². The largest absolute Gasteiger partial charge is 0.493 e. The van der Waals surface area contributed by atoms with E-state index < -0.39 is 6.10 Å². The number of para-hydroxylation sites is 2. The monoisotopic (exact) mass is 428 g/mol. The number of aliphatic hydroxyl groups is 1. The molecule has 2 aromatic carbocycles. The summed E-state index contributed by atoms with van der Waals surface area (Å²) in [4.78, 5) is 4.77. The van der Waals surface area contributed by atoms with Gasteiger partial charge in [0.05, 0.1) is 7.11 Å². The van der Waals surface area contributed by atoms with Crippen molar-refractivity contribution in [3.63, 3.8) is 0 Å². The van der Waals surface area contributed by atoms with Crippen molar-refractivity contribution in [2.45, 2.75) is 12.6 Å². The number of nitrogens with zero attached hydrogens (tertiary/aromatic N) is 2. The molecule has 0 radical (unpaired) electrons. The molecule has 1 unspecified atom stereocenters. The molecule has 0 aromatic heterocycles. The standard InChI is InChI=1S/C21H28N2O3.2ClH/c1-25-20-9-5-6-10-21(20)26-17-19(24)16-23-13-11-22(12-14-23)15-18-7-3-2-4-8-18;;/h2-10,19,24H,11-17H2,1H3;2*1H. The van der Waals surface area contributed by atoms with Gasteiger partial charge < -0.3 is 14.6 Å². The van der Waals surface area contributed by atoms with Crippen molar-refractivity contribution < 1.29 is 14.6 Å². The summed E-state index contributed by atoms with van der Waals surface area (Å²) in [5, 5.41) is 10.3. The number of aliphatic hydroxyl groups excluding tert-OH is 1. The molecule has 0 bridgehead atoms. The zero-order valence-electron chi connectivity index (χ0n) is 16.2. The van der Waals surface area contributed by atoms with Crippen LogP contribution < -0.4 is 9.47 Å². The van der Waals surface area contributed by atoms with Crippen LogP contribution in [0.1, 0.15) is 5.56 Å². The van der Waals surface area contributed by atoms with E-state index in [0.29, 0.717) is 18.0 Å². The minimum Gasteiger partial charge on any atom is -0.493 e. The summed E-state index contributed by atoms with van der Waals surface area (Å²) in [7, 11) is 1.62. The molecule has 1 aliphatic heterocycles. The van der Waals surface area contributed by atoms with Crippen molar-refractivity contribution in [2.75, 3.05) is 46.4 Å². The van der Waals surface area contributed by atoms with Gasteiger partial charge in [-0.3, -0.25) is 9.80 Å². The maximum atomic E-state index is 10.3. The molecule has 1 aliphatic rings. The van der Waals surface area contributed by atoms with E-state index in [2.05, 4.69) is 40.1 Å². The van der Waals surface area contributed by atoms with Crippen molar-refractivity contribution in [3.8, 4) is 11.5 Å². The molecule has 7 heteroatoms. The fraction of sp³-hybridized carbons (Fsp3) is 0.429. The molecular formula is C21H30Cl2N2O3. The molecule has 0 amide bonds. The summed E-state index contributed by atoms with van der Waals surface area (Å²) >= 11 is 0. The summed E-state index contributed by atoms with van der Waals surface area (Å²) in [5.41, 5.74) is 1.35. The van der Waals surface area contributed by atoms with Gasteiger partial charge in [0.1, 0.15) is 12.7 Å². The topological polar surface area (TPSA) is 45.2 Å². The fourth-order valence-electron chi connectivity index (χ4n) is 3.25. The Balaban J connectivity index is 0.00000196. The van der Waals surface area contributed by atoms with Crippen LogP contribution in [0.3, 0.4) is 0 Å². The first-order chi connectivity index (χ1) is 12.7. The van der Waals surface area contributed by atoms with Gasteiger partial charge in [-0.15, -0.1) is 24.8 Å². The second-order valence-corrected chi connectivity index (χ2v) is 6.68. The number of hydrogen-bond donors (Lipinski definition) is 1. The lowest BCUT2D eigenvalue weighted by Gasteiger charge is -2.35. The van der Waals surface area contributed by atoms with Crippen LogP contribution in [0.5, 0.6) is 11.5 Å². The lowest BCUT2D eigenvalue weighted by Crippen LogP contribution is -2.48. The normalized spacial score (nSPS) is 15.8. The number of halogens is 2. The molecule has 28 heavy (non-hydrogen) atoms. The van der Waals surface area contributed by atoms with Gasteiger partial charge in [0.25, 0.3) is 0 Å². The minimum absolute atomic E-state index is 0. The van der Waals surface area contributed by atoms with Gasteiger partial charge in [-0.25, -0.2) is 0 Å². The first-order valence-electron chi connectivity index (χ1n) is 9.17. The second kappa shape index (κ2) is 12.9. The predicted molar refractivity (Wildman–Crippen MR) is 117 cm³/mol. The molecule has 3 rings (SSSR count). The van der Waals surface area contributed by atoms with Gasteiger partial charge in [0.15, 0.2) is 11.5 Å². The van der Waals surface area contributed by atoms with Crippen molar-refractivity contribution in [3.05, 3.63) is 60.2 Å². The Morgan fingerprint density at radius 3 is 2.07 bits per heavy atom. The van der Waals surface area contributed by atoms with Gasteiger partial charge in [-0.2, -0.15) is 0 Å². The summed E-state index contributed by atoms with van der Waals surface area (Å²) < 4.78 is 11.0. The Hall–Kier alpha value is -1.50. The maximum Gasteiger partial charge on any atom is 0.161 e. The minimum atomic E-state index is -0.513. The highest BCUT2D eigenvalue weighted by atomic mass is 35.5. The van der Waals surface area contributed by atoms with Crippen molar-refractivity contribution >= 4 is 24.8 Å². The van der Waals surface area contributed by atoms with Gasteiger partial charge in [-0.05, 0) is 17.7 Å². The third-order valence-corrected chi connectivity index (χ3v) is 4.68. The van der Waals surface area contributed by atoms with Crippen LogP contribution in [0.15, 0.2) is 54.6 Å². The average molecular weight is 429 g/mol. The van der Waals surface area contributed by atoms with E-state index in [4.69, 9.17) is 9.47 Å². The molecular weight excluding hydrogens is 399 g/mol. The Kier molecular flexibility index (Phi) is 11.3. The molecule has 1 atom stereocenters. The van der Waals surface area contributed by atoms with Crippen LogP contribution in [-0.4, -0.2) is 67.5 Å². The van der Waals surface area contributed by atoms with Crippen LogP contribution in [-0.2, 0) is 6.54 Å². The van der Waals surface area contributed by atoms with E-state index in [1.165, 1.54) is 5.56 Å². The van der Waals surface area contributed by atoms with Crippen LogP contribution >= 0.6 is 24.8 Å². The molecule has 0 aliphatic carbocycles. The molecule has 1 heterocycles. The van der Waals surface area contributed by atoms with Crippen LogP contribution in [0.2, 0.25) is 0 Å². The molecule has 1 fully saturated rings. The lowest BCUT2D eigenvalue weighted by molar-refractivity contribution is 0.0440. The molecule has 156 valence electrons. The third kappa shape index (κ3) is 7.49. The number of rotatable bonds is 8. The Labute approximate surface area is 180 Å². The third-order valence-electron chi connectivity index (χ3n) is 4.68. The highest BCUT2D eigenvalue weighted by molar-refractivity contribution is 5.85. The van der Waals surface area contributed by atoms with Crippen molar-refractivity contribution in [1.82, 2.24) is 9.80 Å². The number of piperazine rings is 1. The Morgan fingerprint density at radius 1 is 0.857 bits per heavy atom. The Bertz CT molecular complexity index is 668. The van der Waals surface area contributed by atoms with Crippen LogP contribution in [0, 0.1) is 0 Å². The quantitative estimate of drug-likeness (QED) is 0.699. The first-order valence-corrected chi connectivity index (χ1v) is 9.17. The van der Waals surface area contributed by atoms with E-state index in [9.17, 15) is 5.11 Å². The first kappa shape index (κ1) is 24.5. The summed E-state index contributed by atoms with van der Waals surface area (Å²) in [6.45, 7) is 5.88. The van der Waals surface area contributed by atoms with E-state index in [1.54, 1.807) is 7.11 Å². The van der Waals surface area contributed by atoms with E-state index in [0.717, 1.165) is 32.7 Å². The highest BCUT2D eigenvalue weighted by Crippen LogP contribution is 2.25. The lowest BCUT2D eigenvalue weighted by atomic mass is 10.2. The zero-order valence-corrected chi connectivity index (χ0v) is 17.8. The molecule has 1 N–H and O–H groups in total. The molecule has 0 saturated carbocycles. The number of benzene rings is 2. The van der Waals surface area contributed by atoms with E-state index in [-0.39, 0.29) is 31.4 Å². The van der Waals surface area contributed by atoms with Gasteiger partial charge >= 0.3 is 0 Å². The molecule has 0 spiro atoms. The van der Waals surface area contributed by atoms with Crippen molar-refractivity contribution in [2.24, 2.45) is 0 Å². The SMILES string of the molecule is COc1ccccc1OCC(O)CN1CCN(Cc2ccccc2)CC1.Cl.Cl. The van der Waals surface area contributed by atoms with Gasteiger partial charge in [-0.1, -0.05) is 42.5 Å². The number of β-amino-alcohol motifs (C(OH)–C–C–N with tert-alkyl or cyclic N) is 1. The van der Waals surface area contributed by atoms with Gasteiger partial charge in [0.2, 0.25) is 0 Å². The Morgan fingerprint density at radius 2 is 1.43 bits per heavy atom. The number of hydrogen-bond acceptors (Lipinski definition) is 5. The van der Waals surface area contributed by atoms with Crippen LogP contribution in [0.25, 0.3) is 0 Å². The zero-order chi connectivity index (χ0) is 18.2. The van der Waals surface area contributed by atoms with Crippen molar-refractivity contribution in [1.29, 1.82) is 0 Å². The smallest absolute Gasteiger partial charge is 0.161 e. The highest BCUT2D eigenvalue weighted by Gasteiger charge is 2.19. The maximum absolute atomic E-state index is 10.3. The number of ether oxygens (including phenoxy) is 2. The summed E-state index contributed by atoms with van der Waals surface area (Å²) in [5.74, 6) is 1.36. The molecule has 5 nitrogen and oxygen atoms in total. The molecule has 2 aromatic rings. The second-order valence-electron chi connectivity index (χ2n) is 6.68. The predicted octanol–water partition coefficient (Wildman–Crippen LogP) is 3.10. The molecule has 1 saturated heterocycles. The fourth-order valence-corrected chi connectivity index (χ4v) is 3.25. The average Bonchev–Trinajstić information content (AvgIpc) is 2.69. The number of methoxy groups -OCH3 is 1. The summed E-state index contributed by atoms with van der Waals surface area (Å²) in [6, 6.07) is 18.1. The van der Waals surface area contributed by atoms with Gasteiger partial charge in [0, 0.05) is 39.3 Å². The van der Waals surface area contributed by atoms with Crippen LogP contribution in [0.4, 0.5) is 0 Å². The summed E-state index contributed by atoms with van der Waals surface area (Å²) in [6.07, 6.45) is -0.513.